The van der Waals surface area contributed by atoms with E-state index >= 15 is 0 Å². The van der Waals surface area contributed by atoms with Gasteiger partial charge in [-0.1, -0.05) is 11.6 Å². The van der Waals surface area contributed by atoms with Crippen molar-refractivity contribution < 1.29 is 12.8 Å². The van der Waals surface area contributed by atoms with Crippen LogP contribution in [0, 0.1) is 5.82 Å². The Labute approximate surface area is 131 Å². The van der Waals surface area contributed by atoms with Crippen LogP contribution in [0.2, 0.25) is 5.02 Å². The zero-order valence-corrected chi connectivity index (χ0v) is 14.3. The van der Waals surface area contributed by atoms with Gasteiger partial charge in [0.05, 0.1) is 5.02 Å². The normalized spacial score (nSPS) is 12.6. The first-order valence-corrected chi connectivity index (χ1v) is 8.71. The molecule has 0 radical (unpaired) electrons. The Hall–Kier alpha value is -0.690. The van der Waals surface area contributed by atoms with Gasteiger partial charge in [-0.3, -0.25) is 4.90 Å². The summed E-state index contributed by atoms with van der Waals surface area (Å²) in [4.78, 5) is 2.07. The van der Waals surface area contributed by atoms with E-state index in [1.54, 1.807) is 0 Å². The highest BCUT2D eigenvalue weighted by Crippen LogP contribution is 2.21. The van der Waals surface area contributed by atoms with Crippen LogP contribution in [-0.4, -0.2) is 38.5 Å². The second-order valence-corrected chi connectivity index (χ2v) is 7.54. The fourth-order valence-corrected chi connectivity index (χ4v) is 3.74. The molecule has 0 saturated carbocycles. The number of hydrogen-bond acceptors (Lipinski definition) is 3. The summed E-state index contributed by atoms with van der Waals surface area (Å²) in [5, 5.41) is -0.118. The molecule has 1 aromatic rings. The van der Waals surface area contributed by atoms with Crippen molar-refractivity contribution in [2.75, 3.05) is 13.1 Å². The van der Waals surface area contributed by atoms with Crippen LogP contribution in [0.25, 0.3) is 0 Å². The van der Waals surface area contributed by atoms with E-state index in [1.807, 2.05) is 0 Å². The minimum absolute atomic E-state index is 0.105. The molecule has 0 saturated heterocycles. The van der Waals surface area contributed by atoms with Crippen molar-refractivity contribution in [1.82, 2.24) is 9.62 Å². The molecule has 4 nitrogen and oxygen atoms in total. The molecular weight excluding hydrogens is 315 g/mol. The van der Waals surface area contributed by atoms with Crippen molar-refractivity contribution in [3.05, 3.63) is 29.0 Å². The second-order valence-electron chi connectivity index (χ2n) is 5.40. The first-order valence-electron chi connectivity index (χ1n) is 6.85. The maximum Gasteiger partial charge on any atom is 0.242 e. The van der Waals surface area contributed by atoms with Crippen LogP contribution in [-0.2, 0) is 10.0 Å². The van der Waals surface area contributed by atoms with Crippen molar-refractivity contribution in [2.45, 2.75) is 44.7 Å². The number of nitrogens with zero attached hydrogens (tertiary/aromatic N) is 1. The van der Waals surface area contributed by atoms with Crippen molar-refractivity contribution in [2.24, 2.45) is 0 Å². The number of hydrogen-bond donors (Lipinski definition) is 1. The molecule has 0 aliphatic carbocycles. The molecular formula is C14H22ClFN2O2S. The molecule has 1 aromatic carbocycles. The first-order chi connectivity index (χ1) is 9.65. The molecule has 1 N–H and O–H groups in total. The van der Waals surface area contributed by atoms with Gasteiger partial charge in [0.25, 0.3) is 0 Å². The van der Waals surface area contributed by atoms with Crippen molar-refractivity contribution in [3.63, 3.8) is 0 Å². The highest BCUT2D eigenvalue weighted by molar-refractivity contribution is 7.89. The summed E-state index contributed by atoms with van der Waals surface area (Å²) < 4.78 is 39.8. The Balaban J connectivity index is 2.73. The predicted molar refractivity (Wildman–Crippen MR) is 83.6 cm³/mol. The predicted octanol–water partition coefficient (Wildman–Crippen LogP) is 2.88. The lowest BCUT2D eigenvalue weighted by Gasteiger charge is -2.30. The zero-order valence-electron chi connectivity index (χ0n) is 12.7. The summed E-state index contributed by atoms with van der Waals surface area (Å²) in [5.41, 5.74) is 0. The molecule has 0 heterocycles. The monoisotopic (exact) mass is 336 g/mol. The number of sulfonamides is 1. The topological polar surface area (TPSA) is 49.4 Å². The van der Waals surface area contributed by atoms with E-state index < -0.39 is 15.8 Å². The average Bonchev–Trinajstić information content (AvgIpc) is 2.33. The molecule has 0 unspecified atom stereocenters. The van der Waals surface area contributed by atoms with Crippen LogP contribution in [0.1, 0.15) is 27.7 Å². The minimum Gasteiger partial charge on any atom is -0.297 e. The Bertz CT molecular complexity index is 568. The van der Waals surface area contributed by atoms with Crippen molar-refractivity contribution in [3.8, 4) is 0 Å². The number of nitrogens with one attached hydrogen (secondary N) is 1. The summed E-state index contributed by atoms with van der Waals surface area (Å²) >= 11 is 5.79. The van der Waals surface area contributed by atoms with Gasteiger partial charge in [-0.2, -0.15) is 0 Å². The third-order valence-corrected chi connectivity index (χ3v) is 5.12. The largest absolute Gasteiger partial charge is 0.297 e. The van der Waals surface area contributed by atoms with Crippen molar-refractivity contribution in [1.29, 1.82) is 0 Å². The molecule has 0 amide bonds. The maximum atomic E-state index is 13.0. The molecule has 0 fully saturated rings. The molecule has 0 aliphatic heterocycles. The third-order valence-electron chi connectivity index (χ3n) is 3.17. The number of halogens is 2. The standard InChI is InChI=1S/C14H22ClFN2O2S/c1-10(2)18(11(3)4)8-7-17-21(19,20)14-6-5-12(16)9-13(14)15/h5-6,9-11,17H,7-8H2,1-4H3. The Morgan fingerprint density at radius 3 is 2.29 bits per heavy atom. The fraction of sp³-hybridized carbons (Fsp3) is 0.571. The fourth-order valence-electron chi connectivity index (χ4n) is 2.19. The SMILES string of the molecule is CC(C)N(CCNS(=O)(=O)c1ccc(F)cc1Cl)C(C)C. The van der Waals surface area contributed by atoms with Gasteiger partial charge in [0.15, 0.2) is 0 Å². The molecule has 0 spiro atoms. The van der Waals surface area contributed by atoms with Gasteiger partial charge in [0.1, 0.15) is 10.7 Å². The molecule has 120 valence electrons. The molecule has 21 heavy (non-hydrogen) atoms. The lowest BCUT2D eigenvalue weighted by molar-refractivity contribution is 0.179. The van der Waals surface area contributed by atoms with Crippen molar-refractivity contribution >= 4 is 21.6 Å². The second kappa shape index (κ2) is 7.54. The van der Waals surface area contributed by atoms with Crippen LogP contribution >= 0.6 is 11.6 Å². The van der Waals surface area contributed by atoms with Gasteiger partial charge in [0.2, 0.25) is 10.0 Å². The van der Waals surface area contributed by atoms with Crippen LogP contribution in [0.3, 0.4) is 0 Å². The van der Waals surface area contributed by atoms with Crippen LogP contribution in [0.4, 0.5) is 4.39 Å². The molecule has 0 aromatic heterocycles. The summed E-state index contributed by atoms with van der Waals surface area (Å²) in [6, 6.07) is 3.88. The summed E-state index contributed by atoms with van der Waals surface area (Å²) in [6.45, 7) is 9.10. The van der Waals surface area contributed by atoms with E-state index in [4.69, 9.17) is 11.6 Å². The van der Waals surface area contributed by atoms with E-state index in [1.165, 1.54) is 6.07 Å². The average molecular weight is 337 g/mol. The highest BCUT2D eigenvalue weighted by Gasteiger charge is 2.19. The number of rotatable bonds is 7. The van der Waals surface area contributed by atoms with E-state index in [2.05, 4.69) is 37.3 Å². The first kappa shape index (κ1) is 18.4. The van der Waals surface area contributed by atoms with E-state index in [9.17, 15) is 12.8 Å². The highest BCUT2D eigenvalue weighted by atomic mass is 35.5. The van der Waals surface area contributed by atoms with Gasteiger partial charge in [-0.15, -0.1) is 0 Å². The van der Waals surface area contributed by atoms with Gasteiger partial charge in [-0.05, 0) is 45.9 Å². The lowest BCUT2D eigenvalue weighted by atomic mass is 10.2. The Morgan fingerprint density at radius 2 is 1.81 bits per heavy atom. The molecule has 0 aliphatic rings. The Morgan fingerprint density at radius 1 is 1.24 bits per heavy atom. The third kappa shape index (κ3) is 5.21. The minimum atomic E-state index is -3.73. The van der Waals surface area contributed by atoms with E-state index in [-0.39, 0.29) is 16.5 Å². The summed E-state index contributed by atoms with van der Waals surface area (Å²) in [6.07, 6.45) is 0. The Kier molecular flexibility index (Phi) is 6.59. The van der Waals surface area contributed by atoms with Gasteiger partial charge in [-0.25, -0.2) is 17.5 Å². The maximum absolute atomic E-state index is 13.0. The van der Waals surface area contributed by atoms with Crippen LogP contribution < -0.4 is 4.72 Å². The molecule has 7 heteroatoms. The quantitative estimate of drug-likeness (QED) is 0.833. The molecule has 0 atom stereocenters. The zero-order chi connectivity index (χ0) is 16.2. The lowest BCUT2D eigenvalue weighted by Crippen LogP contribution is -2.42. The smallest absolute Gasteiger partial charge is 0.242 e. The van der Waals surface area contributed by atoms with Gasteiger partial charge in [0, 0.05) is 25.2 Å². The van der Waals surface area contributed by atoms with E-state index in [0.717, 1.165) is 12.1 Å². The summed E-state index contributed by atoms with van der Waals surface area (Å²) in [7, 11) is -3.73. The van der Waals surface area contributed by atoms with Crippen LogP contribution in [0.5, 0.6) is 0 Å². The van der Waals surface area contributed by atoms with E-state index in [0.29, 0.717) is 18.6 Å². The molecule has 1 rings (SSSR count). The van der Waals surface area contributed by atoms with Crippen LogP contribution in [0.15, 0.2) is 23.1 Å². The van der Waals surface area contributed by atoms with Gasteiger partial charge >= 0.3 is 0 Å². The molecule has 0 bridgehead atoms. The van der Waals surface area contributed by atoms with Gasteiger partial charge < -0.3 is 0 Å². The number of benzene rings is 1. The summed E-state index contributed by atoms with van der Waals surface area (Å²) in [5.74, 6) is -0.565.